The van der Waals surface area contributed by atoms with Gasteiger partial charge in [-0.25, -0.2) is 4.79 Å². The van der Waals surface area contributed by atoms with Crippen LogP contribution in [0.3, 0.4) is 0 Å². The van der Waals surface area contributed by atoms with Crippen molar-refractivity contribution in [3.63, 3.8) is 0 Å². The molecule has 3 N–H and O–H groups in total. The molecule has 6 nitrogen and oxygen atoms in total. The molecule has 110 valence electrons. The summed E-state index contributed by atoms with van der Waals surface area (Å²) in [4.78, 5) is 21.8. The maximum Gasteiger partial charge on any atom is 0.315 e. The minimum atomic E-state index is -0.743. The Hall–Kier alpha value is -1.30. The number of aliphatic carboxylic acids is 1. The number of carbonyl (C=O) groups excluding carboxylic acids is 1. The largest absolute Gasteiger partial charge is 0.481 e. The molecule has 0 atom stereocenters. The molecule has 0 unspecified atom stereocenters. The molecule has 19 heavy (non-hydrogen) atoms. The first-order valence-electron chi connectivity index (χ1n) is 6.90. The van der Waals surface area contributed by atoms with Crippen LogP contribution in [0, 0.1) is 0 Å². The van der Waals surface area contributed by atoms with E-state index in [9.17, 15) is 9.59 Å². The molecule has 1 aliphatic rings. The topological polar surface area (TPSA) is 87.7 Å². The third kappa shape index (κ3) is 7.00. The van der Waals surface area contributed by atoms with E-state index < -0.39 is 5.97 Å². The van der Waals surface area contributed by atoms with Gasteiger partial charge in [0.25, 0.3) is 0 Å². The monoisotopic (exact) mass is 272 g/mol. The molecular formula is C13H24N2O4. The van der Waals surface area contributed by atoms with Gasteiger partial charge in [0.2, 0.25) is 0 Å². The lowest BCUT2D eigenvalue weighted by atomic mass is 9.89. The highest BCUT2D eigenvalue weighted by molar-refractivity contribution is 5.74. The average molecular weight is 272 g/mol. The second kappa shape index (κ2) is 8.74. The summed E-state index contributed by atoms with van der Waals surface area (Å²) >= 11 is 0. The Labute approximate surface area is 113 Å². The first kappa shape index (κ1) is 15.8. The van der Waals surface area contributed by atoms with Gasteiger partial charge in [-0.3, -0.25) is 4.79 Å². The average Bonchev–Trinajstić information content (AvgIpc) is 2.31. The molecule has 0 aliphatic heterocycles. The van der Waals surface area contributed by atoms with E-state index in [2.05, 4.69) is 10.6 Å². The van der Waals surface area contributed by atoms with Crippen molar-refractivity contribution in [2.45, 2.75) is 57.1 Å². The maximum atomic E-state index is 11.5. The van der Waals surface area contributed by atoms with Crippen molar-refractivity contribution in [1.82, 2.24) is 10.6 Å². The van der Waals surface area contributed by atoms with Crippen molar-refractivity contribution in [1.29, 1.82) is 0 Å². The number of carboxylic acids is 1. The van der Waals surface area contributed by atoms with Gasteiger partial charge in [-0.05, 0) is 25.7 Å². The number of methoxy groups -OCH3 is 1. The number of hydrogen-bond acceptors (Lipinski definition) is 3. The second-order valence-electron chi connectivity index (χ2n) is 4.98. The van der Waals surface area contributed by atoms with E-state index in [-0.39, 0.29) is 18.5 Å². The Bertz CT molecular complexity index is 290. The number of nitrogens with one attached hydrogen (secondary N) is 2. The van der Waals surface area contributed by atoms with E-state index in [0.717, 1.165) is 32.1 Å². The molecule has 0 heterocycles. The van der Waals surface area contributed by atoms with Crippen LogP contribution in [0.15, 0.2) is 0 Å². The van der Waals surface area contributed by atoms with Crippen molar-refractivity contribution < 1.29 is 19.4 Å². The number of hydrogen-bond donors (Lipinski definition) is 3. The van der Waals surface area contributed by atoms with E-state index in [4.69, 9.17) is 9.84 Å². The second-order valence-corrected chi connectivity index (χ2v) is 4.98. The van der Waals surface area contributed by atoms with Crippen molar-refractivity contribution in [3.05, 3.63) is 0 Å². The summed E-state index contributed by atoms with van der Waals surface area (Å²) in [5.74, 6) is -0.743. The van der Waals surface area contributed by atoms with Gasteiger partial charge in [-0.15, -0.1) is 0 Å². The molecule has 0 bridgehead atoms. The first-order chi connectivity index (χ1) is 9.11. The molecule has 2 amide bonds. The summed E-state index contributed by atoms with van der Waals surface area (Å²) in [5.41, 5.74) is 0. The van der Waals surface area contributed by atoms with Crippen LogP contribution in [0.25, 0.3) is 0 Å². The van der Waals surface area contributed by atoms with E-state index in [1.165, 1.54) is 0 Å². The van der Waals surface area contributed by atoms with Crippen LogP contribution < -0.4 is 10.6 Å². The van der Waals surface area contributed by atoms with Gasteiger partial charge in [0.15, 0.2) is 0 Å². The molecule has 0 aromatic heterocycles. The fourth-order valence-electron chi connectivity index (χ4n) is 2.07. The zero-order valence-electron chi connectivity index (χ0n) is 11.5. The van der Waals surface area contributed by atoms with Gasteiger partial charge in [0.05, 0.1) is 6.10 Å². The van der Waals surface area contributed by atoms with Gasteiger partial charge in [0.1, 0.15) is 0 Å². The summed E-state index contributed by atoms with van der Waals surface area (Å²) in [6.45, 7) is 0.638. The van der Waals surface area contributed by atoms with Crippen LogP contribution >= 0.6 is 0 Å². The quantitative estimate of drug-likeness (QED) is 0.555. The van der Waals surface area contributed by atoms with Crippen LogP contribution in [-0.2, 0) is 9.53 Å². The molecule has 1 saturated carbocycles. The lowest BCUT2D eigenvalue weighted by Crippen LogP contribution is -2.50. The summed E-state index contributed by atoms with van der Waals surface area (Å²) < 4.78 is 5.14. The Morgan fingerprint density at radius 1 is 1.21 bits per heavy atom. The van der Waals surface area contributed by atoms with Crippen LogP contribution in [0.4, 0.5) is 4.79 Å². The Kier molecular flexibility index (Phi) is 7.25. The van der Waals surface area contributed by atoms with E-state index in [0.29, 0.717) is 19.1 Å². The summed E-state index contributed by atoms with van der Waals surface area (Å²) in [5, 5.41) is 14.2. The predicted molar refractivity (Wildman–Crippen MR) is 71.1 cm³/mol. The number of rotatable bonds is 9. The standard InChI is InChI=1S/C13H24N2O4/c1-19-11-8-10(9-11)15-13(18)14-7-5-3-2-4-6-12(16)17/h10-11H,2-9H2,1H3,(H,16,17)(H2,14,15,18). The molecule has 1 aliphatic carbocycles. The van der Waals surface area contributed by atoms with Crippen molar-refractivity contribution in [3.8, 4) is 0 Å². The molecular weight excluding hydrogens is 248 g/mol. The van der Waals surface area contributed by atoms with Crippen molar-refractivity contribution in [2.75, 3.05) is 13.7 Å². The van der Waals surface area contributed by atoms with Gasteiger partial charge >= 0.3 is 12.0 Å². The molecule has 0 aromatic carbocycles. The smallest absolute Gasteiger partial charge is 0.315 e. The van der Waals surface area contributed by atoms with E-state index in [1.807, 2.05) is 0 Å². The maximum absolute atomic E-state index is 11.5. The number of amides is 2. The molecule has 6 heteroatoms. The Morgan fingerprint density at radius 2 is 1.89 bits per heavy atom. The molecule has 0 spiro atoms. The number of carboxylic acid groups (broad SMARTS) is 1. The molecule has 1 rings (SSSR count). The lowest BCUT2D eigenvalue weighted by molar-refractivity contribution is -0.137. The van der Waals surface area contributed by atoms with Crippen molar-refractivity contribution >= 4 is 12.0 Å². The Morgan fingerprint density at radius 3 is 2.53 bits per heavy atom. The zero-order chi connectivity index (χ0) is 14.1. The molecule has 0 aromatic rings. The summed E-state index contributed by atoms with van der Waals surface area (Å²) in [6.07, 6.45) is 5.74. The van der Waals surface area contributed by atoms with Gasteiger partial charge < -0.3 is 20.5 Å². The molecule has 0 saturated heterocycles. The van der Waals surface area contributed by atoms with Crippen LogP contribution in [0.2, 0.25) is 0 Å². The summed E-state index contributed by atoms with van der Waals surface area (Å²) in [6, 6.07) is 0.116. The number of carbonyl (C=O) groups is 2. The first-order valence-corrected chi connectivity index (χ1v) is 6.90. The van der Waals surface area contributed by atoms with Crippen LogP contribution in [0.1, 0.15) is 44.9 Å². The third-order valence-electron chi connectivity index (χ3n) is 3.37. The molecule has 0 radical (unpaired) electrons. The molecule has 1 fully saturated rings. The predicted octanol–water partition coefficient (Wildman–Crippen LogP) is 1.50. The normalized spacial score (nSPS) is 21.5. The van der Waals surface area contributed by atoms with Crippen LogP contribution in [-0.4, -0.2) is 42.9 Å². The Balaban J connectivity index is 1.87. The van der Waals surface area contributed by atoms with Gasteiger partial charge in [0, 0.05) is 26.1 Å². The fourth-order valence-corrected chi connectivity index (χ4v) is 2.07. The van der Waals surface area contributed by atoms with E-state index in [1.54, 1.807) is 7.11 Å². The highest BCUT2D eigenvalue weighted by Gasteiger charge is 2.29. The minimum absolute atomic E-state index is 0.120. The highest BCUT2D eigenvalue weighted by atomic mass is 16.5. The van der Waals surface area contributed by atoms with Gasteiger partial charge in [-0.2, -0.15) is 0 Å². The lowest BCUT2D eigenvalue weighted by Gasteiger charge is -2.34. The van der Waals surface area contributed by atoms with E-state index >= 15 is 0 Å². The number of unbranched alkanes of at least 4 members (excludes halogenated alkanes) is 3. The highest BCUT2D eigenvalue weighted by Crippen LogP contribution is 2.22. The summed E-state index contributed by atoms with van der Waals surface area (Å²) in [7, 11) is 1.69. The number of urea groups is 1. The number of ether oxygens (including phenoxy) is 1. The minimum Gasteiger partial charge on any atom is -0.481 e. The van der Waals surface area contributed by atoms with Crippen LogP contribution in [0.5, 0.6) is 0 Å². The fraction of sp³-hybridized carbons (Fsp3) is 0.846. The third-order valence-corrected chi connectivity index (χ3v) is 3.37. The van der Waals surface area contributed by atoms with Crippen molar-refractivity contribution in [2.24, 2.45) is 0 Å². The zero-order valence-corrected chi connectivity index (χ0v) is 11.5. The van der Waals surface area contributed by atoms with Gasteiger partial charge in [-0.1, -0.05) is 12.8 Å². The SMILES string of the molecule is COC1CC(NC(=O)NCCCCCCC(=O)O)C1.